The van der Waals surface area contributed by atoms with Gasteiger partial charge in [-0.3, -0.25) is 4.79 Å². The van der Waals surface area contributed by atoms with Gasteiger partial charge in [0.15, 0.2) is 0 Å². The van der Waals surface area contributed by atoms with E-state index in [-0.39, 0.29) is 5.91 Å². The van der Waals surface area contributed by atoms with Gasteiger partial charge >= 0.3 is 0 Å². The van der Waals surface area contributed by atoms with Gasteiger partial charge in [0.2, 0.25) is 5.91 Å². The summed E-state index contributed by atoms with van der Waals surface area (Å²) in [6.07, 6.45) is 0. The summed E-state index contributed by atoms with van der Waals surface area (Å²) in [6.45, 7) is 2.65. The van der Waals surface area contributed by atoms with Gasteiger partial charge in [0.1, 0.15) is 11.5 Å². The Morgan fingerprint density at radius 1 is 1.71 bits per heavy atom. The molecular formula is C9H15N3O2. The van der Waals surface area contributed by atoms with E-state index in [1.54, 1.807) is 19.0 Å². The molecule has 0 aliphatic carbocycles. The Morgan fingerprint density at radius 2 is 2.43 bits per heavy atom. The van der Waals surface area contributed by atoms with Crippen molar-refractivity contribution in [2.24, 2.45) is 0 Å². The van der Waals surface area contributed by atoms with Gasteiger partial charge in [-0.05, 0) is 14.0 Å². The lowest BCUT2D eigenvalue weighted by atomic mass is 10.3. The standard InChI is InChI=1S/C9H15N3O2/c1-7-4-8(11-14-7)6-12(3)9(13)5-10-2/h4,10H,5-6H2,1-3H3. The van der Waals surface area contributed by atoms with Crippen LogP contribution in [0.3, 0.4) is 0 Å². The fraction of sp³-hybridized carbons (Fsp3) is 0.556. The molecule has 0 radical (unpaired) electrons. The van der Waals surface area contributed by atoms with Crippen molar-refractivity contribution in [3.05, 3.63) is 17.5 Å². The number of nitrogens with one attached hydrogen (secondary N) is 1. The van der Waals surface area contributed by atoms with E-state index in [1.807, 2.05) is 13.0 Å². The van der Waals surface area contributed by atoms with E-state index in [4.69, 9.17) is 4.52 Å². The topological polar surface area (TPSA) is 58.4 Å². The van der Waals surface area contributed by atoms with Crippen molar-refractivity contribution in [2.75, 3.05) is 20.6 Å². The van der Waals surface area contributed by atoms with Crippen LogP contribution in [0.25, 0.3) is 0 Å². The minimum atomic E-state index is 0.0353. The van der Waals surface area contributed by atoms with Gasteiger partial charge in [-0.15, -0.1) is 0 Å². The van der Waals surface area contributed by atoms with Crippen molar-refractivity contribution in [3.8, 4) is 0 Å². The molecule has 0 saturated carbocycles. The van der Waals surface area contributed by atoms with Gasteiger partial charge < -0.3 is 14.7 Å². The Morgan fingerprint density at radius 3 is 2.93 bits per heavy atom. The molecule has 0 aromatic carbocycles. The first kappa shape index (κ1) is 10.7. The monoisotopic (exact) mass is 197 g/mol. The van der Waals surface area contributed by atoms with E-state index < -0.39 is 0 Å². The maximum Gasteiger partial charge on any atom is 0.236 e. The van der Waals surface area contributed by atoms with Crippen LogP contribution in [0.4, 0.5) is 0 Å². The lowest BCUT2D eigenvalue weighted by Crippen LogP contribution is -2.33. The molecule has 1 aromatic heterocycles. The lowest BCUT2D eigenvalue weighted by molar-refractivity contribution is -0.129. The molecule has 5 heteroatoms. The first-order valence-electron chi connectivity index (χ1n) is 4.44. The highest BCUT2D eigenvalue weighted by atomic mass is 16.5. The van der Waals surface area contributed by atoms with Crippen molar-refractivity contribution < 1.29 is 9.32 Å². The third-order valence-electron chi connectivity index (χ3n) is 1.83. The molecule has 0 bridgehead atoms. The van der Waals surface area contributed by atoms with Crippen LogP contribution in [-0.2, 0) is 11.3 Å². The predicted molar refractivity (Wildman–Crippen MR) is 51.6 cm³/mol. The van der Waals surface area contributed by atoms with Gasteiger partial charge in [-0.1, -0.05) is 5.16 Å². The molecule has 0 saturated heterocycles. The highest BCUT2D eigenvalue weighted by Gasteiger charge is 2.09. The maximum absolute atomic E-state index is 11.4. The van der Waals surface area contributed by atoms with Gasteiger partial charge in [0.05, 0.1) is 13.1 Å². The van der Waals surface area contributed by atoms with E-state index in [2.05, 4.69) is 10.5 Å². The summed E-state index contributed by atoms with van der Waals surface area (Å²) in [5.41, 5.74) is 0.773. The number of amides is 1. The summed E-state index contributed by atoms with van der Waals surface area (Å²) in [5.74, 6) is 0.794. The Hall–Kier alpha value is -1.36. The first-order chi connectivity index (χ1) is 6.63. The molecular weight excluding hydrogens is 182 g/mol. The van der Waals surface area contributed by atoms with E-state index in [1.165, 1.54) is 0 Å². The molecule has 0 aliphatic rings. The van der Waals surface area contributed by atoms with Crippen LogP contribution in [0.15, 0.2) is 10.6 Å². The molecule has 0 fully saturated rings. The van der Waals surface area contributed by atoms with Crippen LogP contribution in [0.2, 0.25) is 0 Å². The first-order valence-corrected chi connectivity index (χ1v) is 4.44. The second-order valence-corrected chi connectivity index (χ2v) is 3.21. The van der Waals surface area contributed by atoms with Gasteiger partial charge in [0.25, 0.3) is 0 Å². The highest BCUT2D eigenvalue weighted by molar-refractivity contribution is 5.77. The number of rotatable bonds is 4. The molecule has 14 heavy (non-hydrogen) atoms. The Kier molecular flexibility index (Phi) is 3.64. The van der Waals surface area contributed by atoms with Crippen LogP contribution < -0.4 is 5.32 Å². The van der Waals surface area contributed by atoms with Gasteiger partial charge in [-0.2, -0.15) is 0 Å². The van der Waals surface area contributed by atoms with E-state index >= 15 is 0 Å². The van der Waals surface area contributed by atoms with Crippen LogP contribution >= 0.6 is 0 Å². The molecule has 0 spiro atoms. The average molecular weight is 197 g/mol. The number of hydrogen-bond donors (Lipinski definition) is 1. The number of aryl methyl sites for hydroxylation is 1. The van der Waals surface area contributed by atoms with Crippen molar-refractivity contribution in [1.82, 2.24) is 15.4 Å². The SMILES string of the molecule is CNCC(=O)N(C)Cc1cc(C)on1. The van der Waals surface area contributed by atoms with Gasteiger partial charge in [0, 0.05) is 13.1 Å². The zero-order valence-electron chi connectivity index (χ0n) is 8.70. The zero-order chi connectivity index (χ0) is 10.6. The summed E-state index contributed by atoms with van der Waals surface area (Å²) in [6, 6.07) is 1.82. The second-order valence-electron chi connectivity index (χ2n) is 3.21. The molecule has 0 aliphatic heterocycles. The Balaban J connectivity index is 2.48. The largest absolute Gasteiger partial charge is 0.361 e. The third kappa shape index (κ3) is 2.85. The number of carbonyl (C=O) groups is 1. The number of carbonyl (C=O) groups excluding carboxylic acids is 1. The Labute approximate surface area is 83.1 Å². The molecule has 1 amide bonds. The predicted octanol–water partition coefficient (Wildman–Crippen LogP) is 0.161. The van der Waals surface area contributed by atoms with Gasteiger partial charge in [-0.25, -0.2) is 0 Å². The number of hydrogen-bond acceptors (Lipinski definition) is 4. The lowest BCUT2D eigenvalue weighted by Gasteiger charge is -2.14. The van der Waals surface area contributed by atoms with Crippen molar-refractivity contribution in [2.45, 2.75) is 13.5 Å². The Bertz CT molecular complexity index is 309. The van der Waals surface area contributed by atoms with E-state index in [9.17, 15) is 4.79 Å². The molecule has 1 aromatic rings. The minimum Gasteiger partial charge on any atom is -0.361 e. The third-order valence-corrected chi connectivity index (χ3v) is 1.83. The smallest absolute Gasteiger partial charge is 0.236 e. The highest BCUT2D eigenvalue weighted by Crippen LogP contribution is 2.04. The second kappa shape index (κ2) is 4.76. The van der Waals surface area contributed by atoms with Crippen molar-refractivity contribution >= 4 is 5.91 Å². The fourth-order valence-corrected chi connectivity index (χ4v) is 1.11. The fourth-order valence-electron chi connectivity index (χ4n) is 1.11. The molecule has 0 unspecified atom stereocenters. The average Bonchev–Trinajstić information content (AvgIpc) is 2.51. The molecule has 5 nitrogen and oxygen atoms in total. The summed E-state index contributed by atoms with van der Waals surface area (Å²) in [4.78, 5) is 13.0. The summed E-state index contributed by atoms with van der Waals surface area (Å²) in [5, 5.41) is 6.61. The molecule has 0 atom stereocenters. The molecule has 1 N–H and O–H groups in total. The van der Waals surface area contributed by atoms with Crippen molar-refractivity contribution in [1.29, 1.82) is 0 Å². The van der Waals surface area contributed by atoms with E-state index in [0.717, 1.165) is 11.5 Å². The van der Waals surface area contributed by atoms with Crippen LogP contribution in [0.5, 0.6) is 0 Å². The quantitative estimate of drug-likeness (QED) is 0.747. The number of aromatic nitrogens is 1. The molecule has 1 heterocycles. The van der Waals surface area contributed by atoms with Crippen LogP contribution in [0, 0.1) is 6.92 Å². The van der Waals surface area contributed by atoms with Crippen LogP contribution in [0.1, 0.15) is 11.5 Å². The molecule has 1 rings (SSSR count). The van der Waals surface area contributed by atoms with Crippen LogP contribution in [-0.4, -0.2) is 36.6 Å². The van der Waals surface area contributed by atoms with Crippen molar-refractivity contribution in [3.63, 3.8) is 0 Å². The number of nitrogens with zero attached hydrogens (tertiary/aromatic N) is 2. The minimum absolute atomic E-state index is 0.0353. The normalized spacial score (nSPS) is 10.2. The maximum atomic E-state index is 11.4. The zero-order valence-corrected chi connectivity index (χ0v) is 8.70. The number of likely N-dealkylation sites (N-methyl/N-ethyl adjacent to an activating group) is 2. The summed E-state index contributed by atoms with van der Waals surface area (Å²) >= 11 is 0. The summed E-state index contributed by atoms with van der Waals surface area (Å²) in [7, 11) is 3.48. The summed E-state index contributed by atoms with van der Waals surface area (Å²) < 4.78 is 4.90. The van der Waals surface area contributed by atoms with E-state index in [0.29, 0.717) is 13.1 Å². The molecule has 78 valence electrons.